The van der Waals surface area contributed by atoms with Crippen LogP contribution in [0.2, 0.25) is 0 Å². The van der Waals surface area contributed by atoms with Crippen LogP contribution in [0.15, 0.2) is 54.7 Å². The number of carbonyl (C=O) groups is 2. The molecule has 0 spiro atoms. The Balaban J connectivity index is 1.56. The van der Waals surface area contributed by atoms with Gasteiger partial charge in [-0.2, -0.15) is 0 Å². The molecule has 7 nitrogen and oxygen atoms in total. The fourth-order valence-electron chi connectivity index (χ4n) is 4.76. The molecule has 1 N–H and O–H groups in total. The molecular formula is C29H34F2N4O3. The van der Waals surface area contributed by atoms with Crippen molar-refractivity contribution in [2.24, 2.45) is 0 Å². The van der Waals surface area contributed by atoms with Crippen molar-refractivity contribution >= 4 is 12.0 Å². The number of alkyl carbamates (subject to hydrolysis) is 1. The van der Waals surface area contributed by atoms with Crippen molar-refractivity contribution in [1.82, 2.24) is 19.8 Å². The van der Waals surface area contributed by atoms with Crippen LogP contribution >= 0.6 is 0 Å². The fraction of sp³-hybridized carbons (Fsp3) is 0.414. The zero-order valence-electron chi connectivity index (χ0n) is 22.2. The highest BCUT2D eigenvalue weighted by molar-refractivity contribution is 5.78. The smallest absolute Gasteiger partial charge is 0.407 e. The van der Waals surface area contributed by atoms with Crippen LogP contribution < -0.4 is 5.32 Å². The van der Waals surface area contributed by atoms with Gasteiger partial charge < -0.3 is 19.5 Å². The Kier molecular flexibility index (Phi) is 8.14. The Bertz CT molecular complexity index is 1290. The van der Waals surface area contributed by atoms with Gasteiger partial charge in [-0.3, -0.25) is 4.79 Å². The van der Waals surface area contributed by atoms with E-state index >= 15 is 0 Å². The van der Waals surface area contributed by atoms with Crippen LogP contribution in [0, 0.1) is 18.6 Å². The lowest BCUT2D eigenvalue weighted by atomic mass is 9.99. The van der Waals surface area contributed by atoms with E-state index in [2.05, 4.69) is 14.9 Å². The van der Waals surface area contributed by atoms with Crippen molar-refractivity contribution in [2.75, 3.05) is 0 Å². The molecule has 0 aliphatic carbocycles. The molecule has 0 saturated carbocycles. The van der Waals surface area contributed by atoms with Gasteiger partial charge in [-0.15, -0.1) is 0 Å². The average molecular weight is 525 g/mol. The van der Waals surface area contributed by atoms with E-state index in [0.29, 0.717) is 25.1 Å². The zero-order valence-corrected chi connectivity index (χ0v) is 22.2. The second kappa shape index (κ2) is 11.3. The largest absolute Gasteiger partial charge is 0.444 e. The molecule has 2 aromatic carbocycles. The molecule has 0 radical (unpaired) electrons. The average Bonchev–Trinajstić information content (AvgIpc) is 3.20. The highest BCUT2D eigenvalue weighted by Gasteiger charge is 2.33. The molecule has 38 heavy (non-hydrogen) atoms. The van der Waals surface area contributed by atoms with E-state index < -0.39 is 29.4 Å². The van der Waals surface area contributed by atoms with Crippen molar-refractivity contribution in [1.29, 1.82) is 0 Å². The van der Waals surface area contributed by atoms with Crippen molar-refractivity contribution < 1.29 is 23.1 Å². The van der Waals surface area contributed by atoms with Crippen molar-refractivity contribution in [3.8, 4) is 0 Å². The molecular weight excluding hydrogens is 490 g/mol. The molecule has 1 aromatic heterocycles. The Hall–Kier alpha value is -3.75. The maximum Gasteiger partial charge on any atom is 0.407 e. The summed E-state index contributed by atoms with van der Waals surface area (Å²) in [6.45, 7) is 8.18. The van der Waals surface area contributed by atoms with Gasteiger partial charge in [0.05, 0.1) is 12.6 Å². The fourth-order valence-corrected chi connectivity index (χ4v) is 4.76. The number of amides is 2. The van der Waals surface area contributed by atoms with Gasteiger partial charge >= 0.3 is 6.09 Å². The third kappa shape index (κ3) is 6.96. The van der Waals surface area contributed by atoms with E-state index in [0.717, 1.165) is 29.2 Å². The monoisotopic (exact) mass is 524 g/mol. The van der Waals surface area contributed by atoms with Crippen LogP contribution in [-0.2, 0) is 35.5 Å². The first-order chi connectivity index (χ1) is 18.0. The summed E-state index contributed by atoms with van der Waals surface area (Å²) >= 11 is 0. The molecule has 0 saturated heterocycles. The van der Waals surface area contributed by atoms with Gasteiger partial charge in [0.25, 0.3) is 0 Å². The van der Waals surface area contributed by atoms with Gasteiger partial charge in [-0.25, -0.2) is 18.6 Å². The maximum absolute atomic E-state index is 13.9. The molecule has 2 unspecified atom stereocenters. The molecule has 9 heteroatoms. The first kappa shape index (κ1) is 27.3. The van der Waals surface area contributed by atoms with Gasteiger partial charge in [0.1, 0.15) is 11.4 Å². The summed E-state index contributed by atoms with van der Waals surface area (Å²) in [6, 6.07) is 12.7. The van der Waals surface area contributed by atoms with Crippen LogP contribution in [0.25, 0.3) is 0 Å². The number of ether oxygens (including phenoxy) is 1. The van der Waals surface area contributed by atoms with Crippen molar-refractivity contribution in [3.05, 3.63) is 89.0 Å². The van der Waals surface area contributed by atoms with E-state index in [1.807, 2.05) is 42.2 Å². The van der Waals surface area contributed by atoms with Crippen LogP contribution in [-0.4, -0.2) is 44.1 Å². The number of halogens is 2. The first-order valence-corrected chi connectivity index (χ1v) is 12.8. The minimum atomic E-state index is -0.981. The van der Waals surface area contributed by atoms with E-state index in [9.17, 15) is 18.4 Å². The number of imidazole rings is 1. The molecule has 1 aliphatic heterocycles. The number of aromatic nitrogens is 2. The number of hydrogen-bond acceptors (Lipinski definition) is 4. The summed E-state index contributed by atoms with van der Waals surface area (Å²) < 4.78 is 34.9. The molecule has 4 rings (SSSR count). The molecule has 0 fully saturated rings. The molecule has 1 aliphatic rings. The summed E-state index contributed by atoms with van der Waals surface area (Å²) in [7, 11) is 0. The van der Waals surface area contributed by atoms with Crippen molar-refractivity contribution in [3.63, 3.8) is 0 Å². The topological polar surface area (TPSA) is 76.5 Å². The van der Waals surface area contributed by atoms with E-state index in [1.54, 1.807) is 27.0 Å². The Labute approximate surface area is 221 Å². The summed E-state index contributed by atoms with van der Waals surface area (Å²) in [6.07, 6.45) is 1.88. The van der Waals surface area contributed by atoms with E-state index in [1.165, 1.54) is 6.07 Å². The van der Waals surface area contributed by atoms with Gasteiger partial charge in [0, 0.05) is 30.9 Å². The SMILES string of the molecule is Cc1cnc2n1CC(Cc1ccccc1)N(C(=O)CC(Cc1ccc(F)c(F)c1)NC(=O)OC(C)(C)C)C2. The Morgan fingerprint density at radius 3 is 2.53 bits per heavy atom. The first-order valence-electron chi connectivity index (χ1n) is 12.8. The number of nitrogens with one attached hydrogen (secondary N) is 1. The number of carbonyl (C=O) groups excluding carboxylic acids is 2. The minimum Gasteiger partial charge on any atom is -0.444 e. The van der Waals surface area contributed by atoms with Crippen LogP contribution in [0.1, 0.15) is 49.8 Å². The van der Waals surface area contributed by atoms with Crippen LogP contribution in [0.3, 0.4) is 0 Å². The number of aryl methyl sites for hydroxylation is 1. The van der Waals surface area contributed by atoms with Gasteiger partial charge in [-0.1, -0.05) is 36.4 Å². The summed E-state index contributed by atoms with van der Waals surface area (Å²) in [4.78, 5) is 32.7. The minimum absolute atomic E-state index is 0.0385. The third-order valence-electron chi connectivity index (χ3n) is 6.53. The highest BCUT2D eigenvalue weighted by Crippen LogP contribution is 2.24. The Morgan fingerprint density at radius 1 is 1.11 bits per heavy atom. The lowest BCUT2D eigenvalue weighted by molar-refractivity contribution is -0.136. The predicted molar refractivity (Wildman–Crippen MR) is 139 cm³/mol. The number of fused-ring (bicyclic) bond motifs is 1. The second-order valence-corrected chi connectivity index (χ2v) is 10.8. The molecule has 2 atom stereocenters. The lowest BCUT2D eigenvalue weighted by Gasteiger charge is -2.37. The highest BCUT2D eigenvalue weighted by atomic mass is 19.2. The molecule has 2 heterocycles. The summed E-state index contributed by atoms with van der Waals surface area (Å²) in [5, 5.41) is 2.77. The Morgan fingerprint density at radius 2 is 1.84 bits per heavy atom. The lowest BCUT2D eigenvalue weighted by Crippen LogP contribution is -2.50. The standard InChI is InChI=1S/C29H34F2N4O3/c1-19-16-32-26-18-35(23(17-34(19)26)13-20-8-6-5-7-9-20)27(36)15-22(33-28(37)38-29(2,3)4)12-21-10-11-24(30)25(31)14-21/h5-11,14,16,22-23H,12-13,15,17-18H2,1-4H3,(H,33,37). The van der Waals surface area contributed by atoms with E-state index in [-0.39, 0.29) is 24.8 Å². The molecule has 202 valence electrons. The summed E-state index contributed by atoms with van der Waals surface area (Å²) in [5.74, 6) is -1.30. The number of benzene rings is 2. The van der Waals surface area contributed by atoms with Crippen LogP contribution in [0.5, 0.6) is 0 Å². The normalized spacial score (nSPS) is 16.1. The molecule has 0 bridgehead atoms. The zero-order chi connectivity index (χ0) is 27.4. The second-order valence-electron chi connectivity index (χ2n) is 10.8. The molecule has 2 amide bonds. The summed E-state index contributed by atoms with van der Waals surface area (Å²) in [5.41, 5.74) is 1.88. The third-order valence-corrected chi connectivity index (χ3v) is 6.53. The molecule has 3 aromatic rings. The number of hydrogen-bond donors (Lipinski definition) is 1. The number of rotatable bonds is 7. The van der Waals surface area contributed by atoms with Gasteiger partial charge in [0.15, 0.2) is 11.6 Å². The predicted octanol–water partition coefficient (Wildman–Crippen LogP) is 4.95. The van der Waals surface area contributed by atoms with Gasteiger partial charge in [0.2, 0.25) is 5.91 Å². The van der Waals surface area contributed by atoms with E-state index in [4.69, 9.17) is 4.74 Å². The number of nitrogens with zero attached hydrogens (tertiary/aromatic N) is 3. The van der Waals surface area contributed by atoms with Gasteiger partial charge in [-0.05, 0) is 63.8 Å². The van der Waals surface area contributed by atoms with Crippen molar-refractivity contribution in [2.45, 2.75) is 77.7 Å². The quantitative estimate of drug-likeness (QED) is 0.475. The maximum atomic E-state index is 13.9. The van der Waals surface area contributed by atoms with Crippen LogP contribution in [0.4, 0.5) is 13.6 Å².